The molecule has 1 aliphatic rings. The SMILES string of the molecule is CC1CCC(CCc2ccc(-c3ccc(C(F)(F)F)c(F)c3)cc2)CC1. The molecule has 4 heteroatoms. The van der Waals surface area contributed by atoms with Gasteiger partial charge in [0, 0.05) is 0 Å². The Morgan fingerprint density at radius 1 is 0.885 bits per heavy atom. The summed E-state index contributed by atoms with van der Waals surface area (Å²) in [4.78, 5) is 0. The maximum Gasteiger partial charge on any atom is 0.419 e. The van der Waals surface area contributed by atoms with Crippen LogP contribution in [0.25, 0.3) is 11.1 Å². The minimum atomic E-state index is -4.66. The highest BCUT2D eigenvalue weighted by atomic mass is 19.4. The topological polar surface area (TPSA) is 0 Å². The third kappa shape index (κ3) is 4.66. The van der Waals surface area contributed by atoms with Crippen LogP contribution < -0.4 is 0 Å². The van der Waals surface area contributed by atoms with Crippen LogP contribution in [0.2, 0.25) is 0 Å². The van der Waals surface area contributed by atoms with Crippen LogP contribution in [0.1, 0.15) is 50.2 Å². The zero-order valence-corrected chi connectivity index (χ0v) is 15.0. The zero-order chi connectivity index (χ0) is 18.7. The molecule has 2 aromatic carbocycles. The van der Waals surface area contributed by atoms with Crippen molar-refractivity contribution < 1.29 is 17.6 Å². The molecule has 1 fully saturated rings. The van der Waals surface area contributed by atoms with Gasteiger partial charge in [-0.25, -0.2) is 4.39 Å². The molecule has 0 saturated heterocycles. The Morgan fingerprint density at radius 3 is 2.08 bits per heavy atom. The molecule has 0 N–H and O–H groups in total. The fourth-order valence-corrected chi connectivity index (χ4v) is 3.78. The number of halogens is 4. The molecule has 0 bridgehead atoms. The summed E-state index contributed by atoms with van der Waals surface area (Å²) in [6, 6.07) is 10.8. The molecule has 26 heavy (non-hydrogen) atoms. The first kappa shape index (κ1) is 18.9. The van der Waals surface area contributed by atoms with E-state index in [1.54, 1.807) is 0 Å². The first-order valence-electron chi connectivity index (χ1n) is 9.29. The van der Waals surface area contributed by atoms with Crippen LogP contribution in [0.3, 0.4) is 0 Å². The summed E-state index contributed by atoms with van der Waals surface area (Å²) in [5, 5.41) is 0. The number of aryl methyl sites for hydroxylation is 1. The van der Waals surface area contributed by atoms with Crippen molar-refractivity contribution in [1.82, 2.24) is 0 Å². The molecule has 0 unspecified atom stereocenters. The maximum atomic E-state index is 13.7. The van der Waals surface area contributed by atoms with Crippen molar-refractivity contribution in [2.45, 2.75) is 51.6 Å². The number of rotatable bonds is 4. The second kappa shape index (κ2) is 7.81. The van der Waals surface area contributed by atoms with E-state index in [9.17, 15) is 17.6 Å². The Morgan fingerprint density at radius 2 is 1.50 bits per heavy atom. The van der Waals surface area contributed by atoms with Crippen LogP contribution in [0.5, 0.6) is 0 Å². The fraction of sp³-hybridized carbons (Fsp3) is 0.455. The third-order valence-corrected chi connectivity index (χ3v) is 5.54. The average Bonchev–Trinajstić information content (AvgIpc) is 2.60. The smallest absolute Gasteiger partial charge is 0.206 e. The normalized spacial score (nSPS) is 21.0. The van der Waals surface area contributed by atoms with Crippen LogP contribution in [0.15, 0.2) is 42.5 Å². The highest BCUT2D eigenvalue weighted by molar-refractivity contribution is 5.64. The lowest BCUT2D eigenvalue weighted by atomic mass is 9.80. The molecule has 140 valence electrons. The van der Waals surface area contributed by atoms with E-state index in [0.29, 0.717) is 5.56 Å². The van der Waals surface area contributed by atoms with Crippen molar-refractivity contribution in [3.05, 3.63) is 59.4 Å². The van der Waals surface area contributed by atoms with Gasteiger partial charge in [-0.1, -0.05) is 62.9 Å². The van der Waals surface area contributed by atoms with Gasteiger partial charge >= 0.3 is 6.18 Å². The Kier molecular flexibility index (Phi) is 5.69. The summed E-state index contributed by atoms with van der Waals surface area (Å²) in [5.41, 5.74) is 1.19. The molecule has 0 radical (unpaired) electrons. The van der Waals surface area contributed by atoms with Crippen molar-refractivity contribution in [1.29, 1.82) is 0 Å². The summed E-state index contributed by atoms with van der Waals surface area (Å²) in [7, 11) is 0. The highest BCUT2D eigenvalue weighted by Crippen LogP contribution is 2.34. The first-order valence-corrected chi connectivity index (χ1v) is 9.29. The molecule has 2 aromatic rings. The number of hydrogen-bond acceptors (Lipinski definition) is 0. The van der Waals surface area contributed by atoms with E-state index in [-0.39, 0.29) is 0 Å². The van der Waals surface area contributed by atoms with Gasteiger partial charge in [-0.3, -0.25) is 0 Å². The lowest BCUT2D eigenvalue weighted by Gasteiger charge is -2.26. The van der Waals surface area contributed by atoms with Crippen LogP contribution >= 0.6 is 0 Å². The molecular formula is C22H24F4. The van der Waals surface area contributed by atoms with Crippen molar-refractivity contribution in [3.8, 4) is 11.1 Å². The number of alkyl halides is 3. The lowest BCUT2D eigenvalue weighted by Crippen LogP contribution is -2.12. The Hall–Kier alpha value is -1.84. The molecule has 1 saturated carbocycles. The van der Waals surface area contributed by atoms with Gasteiger partial charge in [0.1, 0.15) is 5.82 Å². The van der Waals surface area contributed by atoms with Gasteiger partial charge in [-0.05, 0) is 53.5 Å². The molecule has 0 amide bonds. The summed E-state index contributed by atoms with van der Waals surface area (Å²) in [6.45, 7) is 2.32. The van der Waals surface area contributed by atoms with Crippen molar-refractivity contribution >= 4 is 0 Å². The van der Waals surface area contributed by atoms with Gasteiger partial charge in [0.2, 0.25) is 0 Å². The number of benzene rings is 2. The van der Waals surface area contributed by atoms with Crippen LogP contribution in [-0.2, 0) is 12.6 Å². The van der Waals surface area contributed by atoms with Gasteiger partial charge < -0.3 is 0 Å². The van der Waals surface area contributed by atoms with Gasteiger partial charge in [-0.15, -0.1) is 0 Å². The summed E-state index contributed by atoms with van der Waals surface area (Å²) in [5.74, 6) is 0.426. The Bertz CT molecular complexity index is 723. The summed E-state index contributed by atoms with van der Waals surface area (Å²) < 4.78 is 51.7. The van der Waals surface area contributed by atoms with Crippen LogP contribution in [0, 0.1) is 17.7 Å². The van der Waals surface area contributed by atoms with E-state index in [0.717, 1.165) is 36.0 Å². The second-order valence-corrected chi connectivity index (χ2v) is 7.55. The van der Waals surface area contributed by atoms with Crippen molar-refractivity contribution in [2.75, 3.05) is 0 Å². The standard InChI is InChI=1S/C22H24F4/c1-15-2-4-16(5-3-15)6-7-17-8-10-18(11-9-17)19-12-13-20(21(23)14-19)22(24,25)26/h8-16H,2-7H2,1H3. The van der Waals surface area contributed by atoms with Gasteiger partial charge in [0.05, 0.1) is 5.56 Å². The van der Waals surface area contributed by atoms with Crippen molar-refractivity contribution in [3.63, 3.8) is 0 Å². The quantitative estimate of drug-likeness (QED) is 0.500. The predicted octanol–water partition coefficient (Wildman–Crippen LogP) is 7.27. The van der Waals surface area contributed by atoms with E-state index in [2.05, 4.69) is 6.92 Å². The summed E-state index contributed by atoms with van der Waals surface area (Å²) >= 11 is 0. The fourth-order valence-electron chi connectivity index (χ4n) is 3.78. The molecule has 0 heterocycles. The maximum absolute atomic E-state index is 13.7. The van der Waals surface area contributed by atoms with E-state index < -0.39 is 17.6 Å². The van der Waals surface area contributed by atoms with Gasteiger partial charge in [0.15, 0.2) is 0 Å². The monoisotopic (exact) mass is 364 g/mol. The highest BCUT2D eigenvalue weighted by Gasteiger charge is 2.33. The first-order chi connectivity index (χ1) is 12.3. The second-order valence-electron chi connectivity index (χ2n) is 7.55. The molecular weight excluding hydrogens is 340 g/mol. The van der Waals surface area contributed by atoms with E-state index >= 15 is 0 Å². The Balaban J connectivity index is 1.63. The van der Waals surface area contributed by atoms with E-state index in [1.165, 1.54) is 43.7 Å². The third-order valence-electron chi connectivity index (χ3n) is 5.54. The largest absolute Gasteiger partial charge is 0.419 e. The predicted molar refractivity (Wildman–Crippen MR) is 96.3 cm³/mol. The van der Waals surface area contributed by atoms with E-state index in [4.69, 9.17) is 0 Å². The molecule has 0 nitrogen and oxygen atoms in total. The minimum Gasteiger partial charge on any atom is -0.206 e. The molecule has 0 aliphatic heterocycles. The van der Waals surface area contributed by atoms with Crippen molar-refractivity contribution in [2.24, 2.45) is 11.8 Å². The average molecular weight is 364 g/mol. The van der Waals surface area contributed by atoms with Crippen LogP contribution in [-0.4, -0.2) is 0 Å². The van der Waals surface area contributed by atoms with Gasteiger partial charge in [0.25, 0.3) is 0 Å². The van der Waals surface area contributed by atoms with Gasteiger partial charge in [-0.2, -0.15) is 13.2 Å². The molecule has 0 atom stereocenters. The molecule has 1 aliphatic carbocycles. The molecule has 0 spiro atoms. The lowest BCUT2D eigenvalue weighted by molar-refractivity contribution is -0.139. The minimum absolute atomic E-state index is 0.461. The summed E-state index contributed by atoms with van der Waals surface area (Å²) in [6.07, 6.45) is 2.80. The van der Waals surface area contributed by atoms with Crippen LogP contribution in [0.4, 0.5) is 17.6 Å². The molecule has 3 rings (SSSR count). The molecule has 0 aromatic heterocycles. The van der Waals surface area contributed by atoms with E-state index in [1.807, 2.05) is 24.3 Å². The zero-order valence-electron chi connectivity index (χ0n) is 15.0. The number of hydrogen-bond donors (Lipinski definition) is 0. The Labute approximate surface area is 152 Å².